The first-order valence-electron chi connectivity index (χ1n) is 18.5. The van der Waals surface area contributed by atoms with Crippen LogP contribution in [0.15, 0.2) is 43.0 Å². The van der Waals surface area contributed by atoms with Crippen LogP contribution in [0.5, 0.6) is 5.75 Å². The van der Waals surface area contributed by atoms with Crippen molar-refractivity contribution in [1.82, 2.24) is 9.62 Å². The largest absolute Gasteiger partial charge is 0.490 e. The van der Waals surface area contributed by atoms with Crippen LogP contribution in [-0.4, -0.2) is 76.5 Å². The molecule has 1 N–H and O–H groups in total. The molecule has 1 saturated carbocycles. The lowest BCUT2D eigenvalue weighted by Crippen LogP contribution is -2.50. The van der Waals surface area contributed by atoms with Gasteiger partial charge in [0.25, 0.3) is 5.91 Å². The number of ether oxygens (including phenoxy) is 2. The van der Waals surface area contributed by atoms with Gasteiger partial charge in [-0.2, -0.15) is 0 Å². The molecule has 3 aliphatic heterocycles. The lowest BCUT2D eigenvalue weighted by atomic mass is 9.67. The highest BCUT2D eigenvalue weighted by Gasteiger charge is 2.46. The molecule has 2 bridgehead atoms. The van der Waals surface area contributed by atoms with Gasteiger partial charge in [-0.3, -0.25) is 4.79 Å². The third-order valence-corrected chi connectivity index (χ3v) is 14.9. The zero-order valence-electron chi connectivity index (χ0n) is 29.3. The van der Waals surface area contributed by atoms with Crippen molar-refractivity contribution in [2.24, 2.45) is 23.7 Å². The first-order chi connectivity index (χ1) is 24.0. The Bertz CT molecular complexity index is 1720. The first kappa shape index (κ1) is 35.7. The van der Waals surface area contributed by atoms with E-state index in [4.69, 9.17) is 21.1 Å². The Balaban J connectivity index is 1.27. The second-order valence-corrected chi connectivity index (χ2v) is 18.0. The summed E-state index contributed by atoms with van der Waals surface area (Å²) in [6.07, 6.45) is 9.24. The van der Waals surface area contributed by atoms with Crippen LogP contribution in [0, 0.1) is 29.5 Å². The molecule has 0 radical (unpaired) electrons. The summed E-state index contributed by atoms with van der Waals surface area (Å²) in [5.41, 5.74) is 2.11. The molecule has 5 aliphatic rings. The van der Waals surface area contributed by atoms with Gasteiger partial charge < -0.3 is 19.3 Å². The average Bonchev–Trinajstić information content (AvgIpc) is 3.56. The maximum absolute atomic E-state index is 15.5. The molecule has 2 aromatic carbocycles. The summed E-state index contributed by atoms with van der Waals surface area (Å²) < 4.78 is 58.6. The number of benzene rings is 2. The first-order valence-corrected chi connectivity index (χ1v) is 20.4. The lowest BCUT2D eigenvalue weighted by Gasteiger charge is -2.47. The van der Waals surface area contributed by atoms with Crippen molar-refractivity contribution in [2.45, 2.75) is 82.0 Å². The van der Waals surface area contributed by atoms with Crippen molar-refractivity contribution >= 4 is 33.2 Å². The Hall–Kier alpha value is -2.66. The summed E-state index contributed by atoms with van der Waals surface area (Å²) >= 11 is 6.26. The minimum atomic E-state index is -4.02. The Kier molecular flexibility index (Phi) is 10.3. The molecular weight excluding hydrogens is 677 g/mol. The third kappa shape index (κ3) is 6.82. The predicted octanol–water partition coefficient (Wildman–Crippen LogP) is 6.75. The zero-order valence-corrected chi connectivity index (χ0v) is 30.9. The third-order valence-electron chi connectivity index (χ3n) is 12.7. The number of halogens is 2. The number of fused-ring (bicyclic) bond motifs is 4. The summed E-state index contributed by atoms with van der Waals surface area (Å²) in [7, 11) is -4.02. The van der Waals surface area contributed by atoms with Crippen molar-refractivity contribution in [3.8, 4) is 5.75 Å². The Labute approximate surface area is 301 Å². The van der Waals surface area contributed by atoms with Crippen molar-refractivity contribution in [1.29, 1.82) is 0 Å². The van der Waals surface area contributed by atoms with Crippen LogP contribution in [0.1, 0.15) is 80.3 Å². The molecule has 7 rings (SSSR count). The van der Waals surface area contributed by atoms with Crippen molar-refractivity contribution in [3.05, 3.63) is 70.5 Å². The molecule has 2 aromatic rings. The van der Waals surface area contributed by atoms with Crippen LogP contribution < -0.4 is 14.4 Å². The van der Waals surface area contributed by atoms with Gasteiger partial charge in [-0.05, 0) is 130 Å². The fourth-order valence-electron chi connectivity index (χ4n) is 9.29. The van der Waals surface area contributed by atoms with E-state index in [1.807, 2.05) is 19.1 Å². The highest BCUT2D eigenvalue weighted by atomic mass is 35.5. The summed E-state index contributed by atoms with van der Waals surface area (Å²) in [6.45, 7) is 13.1. The summed E-state index contributed by atoms with van der Waals surface area (Å²) in [6, 6.07) is 8.78. The Morgan fingerprint density at radius 3 is 2.70 bits per heavy atom. The van der Waals surface area contributed by atoms with Gasteiger partial charge in [0.05, 0.1) is 35.3 Å². The van der Waals surface area contributed by atoms with Crippen molar-refractivity contribution in [2.75, 3.05) is 50.8 Å². The summed E-state index contributed by atoms with van der Waals surface area (Å²) in [5.74, 6) is -0.209. The van der Waals surface area contributed by atoms with Gasteiger partial charge in [-0.1, -0.05) is 30.7 Å². The van der Waals surface area contributed by atoms with E-state index in [1.54, 1.807) is 31.2 Å². The van der Waals surface area contributed by atoms with E-state index in [0.717, 1.165) is 56.6 Å². The quantitative estimate of drug-likeness (QED) is 0.341. The number of hydrogen-bond donors (Lipinski definition) is 1. The molecule has 0 unspecified atom stereocenters. The molecule has 7 atom stereocenters. The lowest BCUT2D eigenvalue weighted by molar-refractivity contribution is -0.0578. The van der Waals surface area contributed by atoms with Gasteiger partial charge in [-0.25, -0.2) is 17.5 Å². The normalized spacial score (nSPS) is 32.7. The van der Waals surface area contributed by atoms with Gasteiger partial charge >= 0.3 is 0 Å². The average molecular weight is 728 g/mol. The van der Waals surface area contributed by atoms with E-state index in [1.165, 1.54) is 12.8 Å². The SMILES string of the molecule is C=C[C@H]1C[C@H](OCCN2CCCC2)[C@@H]2CC[C@H]2CN2C[C@@]3(CCCc4c3ccc(Cl)c4F)COc3ccc(cc32)C(=O)NS(=O)(=O)[C@H](C)[C@H]1C. The van der Waals surface area contributed by atoms with Crippen LogP contribution in [0.25, 0.3) is 0 Å². The number of amides is 1. The fourth-order valence-corrected chi connectivity index (χ4v) is 10.8. The molecule has 1 saturated heterocycles. The highest BCUT2D eigenvalue weighted by Crippen LogP contribution is 2.48. The smallest absolute Gasteiger partial charge is 0.264 e. The van der Waals surface area contributed by atoms with Crippen LogP contribution in [-0.2, 0) is 26.6 Å². The van der Waals surface area contributed by atoms with Gasteiger partial charge in [0.1, 0.15) is 11.6 Å². The van der Waals surface area contributed by atoms with E-state index in [9.17, 15) is 13.2 Å². The number of anilines is 1. The molecule has 1 spiro atoms. The summed E-state index contributed by atoms with van der Waals surface area (Å²) in [5, 5.41) is -0.698. The number of carbonyl (C=O) groups excluding carboxylic acids is 1. The van der Waals surface area contributed by atoms with Crippen molar-refractivity contribution < 1.29 is 27.1 Å². The van der Waals surface area contributed by atoms with Gasteiger partial charge in [0.15, 0.2) is 0 Å². The van der Waals surface area contributed by atoms with Gasteiger partial charge in [0, 0.05) is 30.6 Å². The Morgan fingerprint density at radius 1 is 1.16 bits per heavy atom. The second-order valence-electron chi connectivity index (χ2n) is 15.5. The molecule has 11 heteroatoms. The van der Waals surface area contributed by atoms with Crippen LogP contribution in [0.3, 0.4) is 0 Å². The number of nitrogens with one attached hydrogen (secondary N) is 1. The number of nitrogens with zero attached hydrogens (tertiary/aromatic N) is 2. The van der Waals surface area contributed by atoms with Crippen LogP contribution >= 0.6 is 11.6 Å². The van der Waals surface area contributed by atoms with E-state index in [2.05, 4.69) is 21.1 Å². The second kappa shape index (κ2) is 14.4. The summed E-state index contributed by atoms with van der Waals surface area (Å²) in [4.78, 5) is 18.4. The number of hydrogen-bond acceptors (Lipinski definition) is 7. The number of rotatable bonds is 5. The van der Waals surface area contributed by atoms with E-state index >= 15 is 4.39 Å². The molecule has 0 aromatic heterocycles. The monoisotopic (exact) mass is 727 g/mol. The molecular formula is C39H51ClFN3O5S. The molecule has 272 valence electrons. The topological polar surface area (TPSA) is 88.2 Å². The molecule has 2 aliphatic carbocycles. The van der Waals surface area contributed by atoms with Crippen molar-refractivity contribution in [3.63, 3.8) is 0 Å². The maximum atomic E-state index is 15.5. The standard InChI is InChI=1S/C39H51ClFN3O5S/c1-4-27-21-36(48-19-18-43-16-5-6-17-43)30-11-9-29(30)22-44-23-39(15-7-8-31-32(39)12-13-33(40)37(31)41)24-49-35-14-10-28(20-34(35)44)38(45)42-50(46,47)26(3)25(27)2/h4,10,12-14,20,25-27,29-30,36H,1,5-9,11,15-19,21-24H2,2-3H3,(H,42,45)/t25-,26-,27+,29+,30-,36+,39+/m1/s1. The predicted molar refractivity (Wildman–Crippen MR) is 195 cm³/mol. The minimum absolute atomic E-state index is 0.0638. The number of sulfonamides is 1. The van der Waals surface area contributed by atoms with Crippen LogP contribution in [0.4, 0.5) is 10.1 Å². The van der Waals surface area contributed by atoms with Gasteiger partial charge in [-0.15, -0.1) is 6.58 Å². The maximum Gasteiger partial charge on any atom is 0.264 e. The van der Waals surface area contributed by atoms with E-state index in [-0.39, 0.29) is 40.3 Å². The highest BCUT2D eigenvalue weighted by molar-refractivity contribution is 7.90. The van der Waals surface area contributed by atoms with E-state index < -0.39 is 26.6 Å². The Morgan fingerprint density at radius 2 is 1.96 bits per heavy atom. The minimum Gasteiger partial charge on any atom is -0.490 e. The zero-order chi connectivity index (χ0) is 35.2. The molecule has 8 nitrogen and oxygen atoms in total. The van der Waals surface area contributed by atoms with E-state index in [0.29, 0.717) is 56.4 Å². The van der Waals surface area contributed by atoms with Crippen LogP contribution in [0.2, 0.25) is 5.02 Å². The fraction of sp³-hybridized carbons (Fsp3) is 0.615. The molecule has 2 fully saturated rings. The molecule has 1 amide bonds. The number of carbonyl (C=O) groups is 1. The number of allylic oxidation sites excluding steroid dienone is 1. The molecule has 3 heterocycles. The van der Waals surface area contributed by atoms with Gasteiger partial charge in [0.2, 0.25) is 10.0 Å². The number of likely N-dealkylation sites (tertiary alicyclic amines) is 1. The molecule has 50 heavy (non-hydrogen) atoms.